The summed E-state index contributed by atoms with van der Waals surface area (Å²) in [5.41, 5.74) is 4.52. The van der Waals surface area contributed by atoms with E-state index in [0.717, 1.165) is 6.07 Å². The predicted molar refractivity (Wildman–Crippen MR) is 80.9 cm³/mol. The van der Waals surface area contributed by atoms with Crippen molar-refractivity contribution in [3.05, 3.63) is 69.3 Å². The molecule has 0 saturated heterocycles. The lowest BCUT2D eigenvalue weighted by Gasteiger charge is -2.08. The highest BCUT2D eigenvalue weighted by atomic mass is 16.6. The number of nitrogens with zero attached hydrogens (tertiary/aromatic N) is 1. The highest BCUT2D eigenvalue weighted by Gasteiger charge is 2.16. The summed E-state index contributed by atoms with van der Waals surface area (Å²) < 4.78 is 0. The molecule has 0 aromatic heterocycles. The quantitative estimate of drug-likeness (QED) is 0.587. The zero-order valence-electron chi connectivity index (χ0n) is 12.1. The van der Waals surface area contributed by atoms with E-state index in [4.69, 9.17) is 0 Å². The molecule has 2 aromatic rings. The van der Waals surface area contributed by atoms with E-state index in [-0.39, 0.29) is 22.6 Å². The van der Waals surface area contributed by atoms with E-state index in [0.29, 0.717) is 5.56 Å². The summed E-state index contributed by atoms with van der Waals surface area (Å²) in [4.78, 5) is 34.0. The average molecular weight is 315 g/mol. The first-order valence-electron chi connectivity index (χ1n) is 6.54. The summed E-state index contributed by atoms with van der Waals surface area (Å²) in [6.45, 7) is 1.56. The standard InChI is InChI=1S/C15H13N3O5/c1-9-6-7-10(8-12(9)18(22)23)14(20)16-17-15(21)11-4-2-3-5-13(11)19/h2-8,19H,1H3,(H,16,20)(H,17,21). The van der Waals surface area contributed by atoms with Crippen LogP contribution in [0.3, 0.4) is 0 Å². The van der Waals surface area contributed by atoms with Gasteiger partial charge in [0.1, 0.15) is 5.75 Å². The Labute approximate surface area is 130 Å². The number of rotatable bonds is 3. The zero-order valence-corrected chi connectivity index (χ0v) is 12.1. The number of hydrogen-bond acceptors (Lipinski definition) is 5. The minimum atomic E-state index is -0.711. The second-order valence-electron chi connectivity index (χ2n) is 4.68. The number of benzene rings is 2. The SMILES string of the molecule is Cc1ccc(C(=O)NNC(=O)c2ccccc2O)cc1[N+](=O)[O-]. The van der Waals surface area contributed by atoms with Crippen molar-refractivity contribution >= 4 is 17.5 Å². The number of nitrogens with one attached hydrogen (secondary N) is 2. The van der Waals surface area contributed by atoms with Crippen molar-refractivity contribution in [2.45, 2.75) is 6.92 Å². The van der Waals surface area contributed by atoms with E-state index in [1.165, 1.54) is 24.3 Å². The van der Waals surface area contributed by atoms with Gasteiger partial charge in [-0.3, -0.25) is 30.6 Å². The summed E-state index contributed by atoms with van der Waals surface area (Å²) in [6, 6.07) is 9.79. The molecule has 0 aliphatic carbocycles. The van der Waals surface area contributed by atoms with Crippen LogP contribution in [0.5, 0.6) is 5.75 Å². The van der Waals surface area contributed by atoms with Crippen molar-refractivity contribution in [1.82, 2.24) is 10.9 Å². The van der Waals surface area contributed by atoms with Crippen molar-refractivity contribution in [2.24, 2.45) is 0 Å². The van der Waals surface area contributed by atoms with Gasteiger partial charge in [0.2, 0.25) is 0 Å². The maximum Gasteiger partial charge on any atom is 0.273 e. The molecule has 0 bridgehead atoms. The molecule has 0 radical (unpaired) electrons. The minimum Gasteiger partial charge on any atom is -0.507 e. The molecule has 0 aliphatic heterocycles. The molecule has 0 heterocycles. The van der Waals surface area contributed by atoms with Gasteiger partial charge in [0.15, 0.2) is 0 Å². The van der Waals surface area contributed by atoms with Gasteiger partial charge in [-0.25, -0.2) is 0 Å². The fourth-order valence-electron chi connectivity index (χ4n) is 1.87. The van der Waals surface area contributed by atoms with Crippen LogP contribution in [0.25, 0.3) is 0 Å². The molecule has 0 spiro atoms. The molecule has 2 aromatic carbocycles. The molecule has 0 atom stereocenters. The monoisotopic (exact) mass is 315 g/mol. The van der Waals surface area contributed by atoms with Crippen molar-refractivity contribution in [3.63, 3.8) is 0 Å². The smallest absolute Gasteiger partial charge is 0.273 e. The maximum atomic E-state index is 11.9. The Morgan fingerprint density at radius 2 is 1.74 bits per heavy atom. The molecule has 118 valence electrons. The topological polar surface area (TPSA) is 122 Å². The van der Waals surface area contributed by atoms with Crippen LogP contribution in [-0.4, -0.2) is 21.8 Å². The number of para-hydroxylation sites is 1. The number of hydrogen-bond donors (Lipinski definition) is 3. The summed E-state index contributed by atoms with van der Waals surface area (Å²) in [5, 5.41) is 20.4. The van der Waals surface area contributed by atoms with Crippen molar-refractivity contribution in [3.8, 4) is 5.75 Å². The fourth-order valence-corrected chi connectivity index (χ4v) is 1.87. The number of nitro groups is 1. The lowest BCUT2D eigenvalue weighted by atomic mass is 10.1. The highest BCUT2D eigenvalue weighted by Crippen LogP contribution is 2.19. The minimum absolute atomic E-state index is 0.0114. The molecule has 0 unspecified atom stereocenters. The molecule has 8 heteroatoms. The Balaban J connectivity index is 2.08. The summed E-state index contributed by atoms with van der Waals surface area (Å²) in [6.07, 6.45) is 0. The van der Waals surface area contributed by atoms with Crippen LogP contribution in [0.4, 0.5) is 5.69 Å². The Morgan fingerprint density at radius 1 is 1.09 bits per heavy atom. The van der Waals surface area contributed by atoms with Crippen LogP contribution in [0.1, 0.15) is 26.3 Å². The number of aromatic hydroxyl groups is 1. The number of hydrazine groups is 1. The van der Waals surface area contributed by atoms with Gasteiger partial charge in [0, 0.05) is 17.2 Å². The second kappa shape index (κ2) is 6.56. The van der Waals surface area contributed by atoms with Gasteiger partial charge < -0.3 is 5.11 Å². The number of carbonyl (C=O) groups is 2. The molecule has 0 fully saturated rings. The summed E-state index contributed by atoms with van der Waals surface area (Å²) in [7, 11) is 0. The Bertz CT molecular complexity index is 788. The Morgan fingerprint density at radius 3 is 2.39 bits per heavy atom. The number of carbonyl (C=O) groups excluding carboxylic acids is 2. The van der Waals surface area contributed by atoms with Crippen LogP contribution >= 0.6 is 0 Å². The number of phenols is 1. The molecule has 2 amide bonds. The normalized spacial score (nSPS) is 9.96. The molecular formula is C15H13N3O5. The molecule has 0 aliphatic rings. The largest absolute Gasteiger partial charge is 0.507 e. The van der Waals surface area contributed by atoms with Crippen molar-refractivity contribution in [2.75, 3.05) is 0 Å². The van der Waals surface area contributed by atoms with Gasteiger partial charge >= 0.3 is 0 Å². The molecule has 3 N–H and O–H groups in total. The van der Waals surface area contributed by atoms with E-state index in [2.05, 4.69) is 10.9 Å². The Hall–Kier alpha value is -3.42. The number of aryl methyl sites for hydroxylation is 1. The van der Waals surface area contributed by atoms with E-state index in [1.807, 2.05) is 0 Å². The number of nitro benzene ring substituents is 1. The van der Waals surface area contributed by atoms with E-state index >= 15 is 0 Å². The van der Waals surface area contributed by atoms with Crippen LogP contribution in [0, 0.1) is 17.0 Å². The lowest BCUT2D eigenvalue weighted by Crippen LogP contribution is -2.41. The van der Waals surface area contributed by atoms with Crippen LogP contribution < -0.4 is 10.9 Å². The molecule has 8 nitrogen and oxygen atoms in total. The van der Waals surface area contributed by atoms with Crippen LogP contribution in [0.15, 0.2) is 42.5 Å². The van der Waals surface area contributed by atoms with Gasteiger partial charge in [-0.2, -0.15) is 0 Å². The predicted octanol–water partition coefficient (Wildman–Crippen LogP) is 1.68. The fraction of sp³-hybridized carbons (Fsp3) is 0.0667. The Kier molecular flexibility index (Phi) is 4.55. The first-order chi connectivity index (χ1) is 10.9. The van der Waals surface area contributed by atoms with Crippen molar-refractivity contribution < 1.29 is 19.6 Å². The third-order valence-electron chi connectivity index (χ3n) is 3.11. The van der Waals surface area contributed by atoms with E-state index < -0.39 is 16.7 Å². The van der Waals surface area contributed by atoms with Crippen molar-refractivity contribution in [1.29, 1.82) is 0 Å². The second-order valence-corrected chi connectivity index (χ2v) is 4.68. The molecule has 23 heavy (non-hydrogen) atoms. The first-order valence-corrected chi connectivity index (χ1v) is 6.54. The average Bonchev–Trinajstić information content (AvgIpc) is 2.52. The third-order valence-corrected chi connectivity index (χ3v) is 3.11. The molecule has 0 saturated carbocycles. The van der Waals surface area contributed by atoms with Gasteiger partial charge in [0.05, 0.1) is 10.5 Å². The maximum absolute atomic E-state index is 11.9. The van der Waals surface area contributed by atoms with Gasteiger partial charge in [-0.1, -0.05) is 18.2 Å². The number of amides is 2. The number of phenolic OH excluding ortho intramolecular Hbond substituents is 1. The van der Waals surface area contributed by atoms with E-state index in [1.54, 1.807) is 19.1 Å². The third kappa shape index (κ3) is 3.62. The van der Waals surface area contributed by atoms with Crippen LogP contribution in [-0.2, 0) is 0 Å². The highest BCUT2D eigenvalue weighted by molar-refractivity contribution is 6.00. The molecule has 2 rings (SSSR count). The van der Waals surface area contributed by atoms with Gasteiger partial charge in [-0.05, 0) is 25.1 Å². The van der Waals surface area contributed by atoms with Crippen LogP contribution in [0.2, 0.25) is 0 Å². The zero-order chi connectivity index (χ0) is 17.0. The molecular weight excluding hydrogens is 302 g/mol. The van der Waals surface area contributed by atoms with Gasteiger partial charge in [-0.15, -0.1) is 0 Å². The lowest BCUT2D eigenvalue weighted by molar-refractivity contribution is -0.385. The summed E-state index contributed by atoms with van der Waals surface area (Å²) in [5.74, 6) is -1.65. The summed E-state index contributed by atoms with van der Waals surface area (Å²) >= 11 is 0. The first kappa shape index (κ1) is 16.0. The van der Waals surface area contributed by atoms with E-state index in [9.17, 15) is 24.8 Å². The van der Waals surface area contributed by atoms with Gasteiger partial charge in [0.25, 0.3) is 17.5 Å².